The van der Waals surface area contributed by atoms with Crippen molar-refractivity contribution >= 4 is 0 Å². The molecule has 3 atom stereocenters. The molecule has 2 nitrogen and oxygen atoms in total. The minimum absolute atomic E-state index is 0.819. The highest BCUT2D eigenvalue weighted by Gasteiger charge is 2.27. The molecular weight excluding hydrogens is 172 g/mol. The summed E-state index contributed by atoms with van der Waals surface area (Å²) in [6.45, 7) is 8.61. The van der Waals surface area contributed by atoms with Gasteiger partial charge in [-0.3, -0.25) is 4.90 Å². The van der Waals surface area contributed by atoms with Crippen molar-refractivity contribution < 1.29 is 0 Å². The zero-order valence-electron chi connectivity index (χ0n) is 9.63. The number of hydrogen-bond donors (Lipinski definition) is 1. The van der Waals surface area contributed by atoms with Gasteiger partial charge in [-0.15, -0.1) is 0 Å². The van der Waals surface area contributed by atoms with Crippen LogP contribution >= 0.6 is 0 Å². The van der Waals surface area contributed by atoms with E-state index in [4.69, 9.17) is 0 Å². The van der Waals surface area contributed by atoms with E-state index < -0.39 is 0 Å². The van der Waals surface area contributed by atoms with Gasteiger partial charge in [-0.25, -0.2) is 0 Å². The van der Waals surface area contributed by atoms with E-state index in [9.17, 15) is 0 Å². The monoisotopic (exact) mass is 196 g/mol. The largest absolute Gasteiger partial charge is 0.316 e. The number of likely N-dealkylation sites (tertiary alicyclic amines) is 1. The summed E-state index contributed by atoms with van der Waals surface area (Å²) in [5.74, 6) is 0.915. The van der Waals surface area contributed by atoms with Gasteiger partial charge in [-0.05, 0) is 52.1 Å². The van der Waals surface area contributed by atoms with E-state index in [0.717, 1.165) is 18.0 Å². The second kappa shape index (κ2) is 4.63. The van der Waals surface area contributed by atoms with Crippen molar-refractivity contribution in [1.82, 2.24) is 10.2 Å². The van der Waals surface area contributed by atoms with E-state index in [0.29, 0.717) is 0 Å². The van der Waals surface area contributed by atoms with Crippen LogP contribution in [-0.4, -0.2) is 36.6 Å². The Morgan fingerprint density at radius 3 is 2.43 bits per heavy atom. The highest BCUT2D eigenvalue weighted by Crippen LogP contribution is 2.24. The van der Waals surface area contributed by atoms with Crippen LogP contribution in [0.1, 0.15) is 39.5 Å². The van der Waals surface area contributed by atoms with E-state index >= 15 is 0 Å². The van der Waals surface area contributed by atoms with Crippen molar-refractivity contribution in [2.24, 2.45) is 5.92 Å². The van der Waals surface area contributed by atoms with E-state index in [-0.39, 0.29) is 0 Å². The summed E-state index contributed by atoms with van der Waals surface area (Å²) in [5, 5.41) is 3.46. The maximum absolute atomic E-state index is 3.46. The van der Waals surface area contributed by atoms with Gasteiger partial charge in [0.05, 0.1) is 0 Å². The molecule has 1 N–H and O–H groups in total. The summed E-state index contributed by atoms with van der Waals surface area (Å²) in [5.41, 5.74) is 0. The summed E-state index contributed by atoms with van der Waals surface area (Å²) >= 11 is 0. The van der Waals surface area contributed by atoms with E-state index in [1.807, 2.05) is 0 Å². The molecule has 2 fully saturated rings. The average Bonchev–Trinajstić information content (AvgIpc) is 2.64. The first-order valence-electron chi connectivity index (χ1n) is 6.24. The zero-order chi connectivity index (χ0) is 9.97. The third-order valence-electron chi connectivity index (χ3n) is 4.01. The third kappa shape index (κ3) is 2.29. The lowest BCUT2D eigenvalue weighted by Gasteiger charge is -2.40. The van der Waals surface area contributed by atoms with Gasteiger partial charge >= 0.3 is 0 Å². The summed E-state index contributed by atoms with van der Waals surface area (Å²) in [6.07, 6.45) is 5.63. The van der Waals surface area contributed by atoms with Gasteiger partial charge in [0.2, 0.25) is 0 Å². The van der Waals surface area contributed by atoms with Gasteiger partial charge in [-0.2, -0.15) is 0 Å². The molecule has 2 saturated heterocycles. The summed E-state index contributed by atoms with van der Waals surface area (Å²) < 4.78 is 0. The number of piperidine rings is 1. The second-order valence-electron chi connectivity index (χ2n) is 5.18. The van der Waals surface area contributed by atoms with Gasteiger partial charge in [0.1, 0.15) is 0 Å². The Labute approximate surface area is 88.1 Å². The van der Waals surface area contributed by atoms with Crippen LogP contribution in [0.2, 0.25) is 0 Å². The normalized spacial score (nSPS) is 40.3. The lowest BCUT2D eigenvalue weighted by Crippen LogP contribution is -2.46. The van der Waals surface area contributed by atoms with Crippen LogP contribution in [0.25, 0.3) is 0 Å². The van der Waals surface area contributed by atoms with Crippen molar-refractivity contribution in [2.75, 3.05) is 19.6 Å². The predicted octanol–water partition coefficient (Wildman–Crippen LogP) is 1.86. The topological polar surface area (TPSA) is 15.3 Å². The number of rotatable bonds is 2. The maximum atomic E-state index is 3.46. The summed E-state index contributed by atoms with van der Waals surface area (Å²) in [4.78, 5) is 2.74. The smallest absolute Gasteiger partial charge is 0.00698 e. The molecule has 14 heavy (non-hydrogen) atoms. The van der Waals surface area contributed by atoms with Crippen molar-refractivity contribution in [3.05, 3.63) is 0 Å². The molecular formula is C12H24N2. The number of nitrogens with one attached hydrogen (secondary N) is 1. The Bertz CT molecular complexity index is 165. The van der Waals surface area contributed by atoms with Crippen molar-refractivity contribution in [2.45, 2.75) is 51.6 Å². The van der Waals surface area contributed by atoms with Crippen LogP contribution < -0.4 is 5.32 Å². The van der Waals surface area contributed by atoms with Crippen molar-refractivity contribution in [3.8, 4) is 0 Å². The Hall–Kier alpha value is -0.0800. The molecule has 2 aliphatic heterocycles. The molecule has 0 aromatic rings. The maximum Gasteiger partial charge on any atom is 0.00698 e. The number of nitrogens with zero attached hydrogens (tertiary/aromatic N) is 1. The molecule has 0 aliphatic carbocycles. The minimum atomic E-state index is 0.819. The first kappa shape index (κ1) is 10.4. The molecule has 0 amide bonds. The fraction of sp³-hybridized carbons (Fsp3) is 1.00. The standard InChI is InChI=1S/C12H24N2/c1-10-4-3-5-11(2)14(10)9-12-6-7-13-8-12/h10-13H,3-9H2,1-2H3/t10?,11?,12-/m0/s1. The molecule has 0 spiro atoms. The second-order valence-corrected chi connectivity index (χ2v) is 5.18. The lowest BCUT2D eigenvalue weighted by atomic mass is 9.95. The fourth-order valence-corrected chi connectivity index (χ4v) is 3.00. The first-order chi connectivity index (χ1) is 6.77. The van der Waals surface area contributed by atoms with Crippen LogP contribution in [0.3, 0.4) is 0 Å². The molecule has 2 unspecified atom stereocenters. The predicted molar refractivity (Wildman–Crippen MR) is 60.5 cm³/mol. The van der Waals surface area contributed by atoms with Gasteiger partial charge in [-0.1, -0.05) is 6.42 Å². The highest BCUT2D eigenvalue weighted by molar-refractivity contribution is 4.83. The van der Waals surface area contributed by atoms with E-state index in [1.165, 1.54) is 45.3 Å². The molecule has 0 radical (unpaired) electrons. The SMILES string of the molecule is CC1CCCC(C)N1C[C@H]1CCNC1. The highest BCUT2D eigenvalue weighted by atomic mass is 15.2. The van der Waals surface area contributed by atoms with Gasteiger partial charge < -0.3 is 5.32 Å². The Balaban J connectivity index is 1.86. The molecule has 82 valence electrons. The minimum Gasteiger partial charge on any atom is -0.316 e. The van der Waals surface area contributed by atoms with Crippen LogP contribution in [0.15, 0.2) is 0 Å². The van der Waals surface area contributed by atoms with Gasteiger partial charge in [0.15, 0.2) is 0 Å². The van der Waals surface area contributed by atoms with Crippen molar-refractivity contribution in [1.29, 1.82) is 0 Å². The summed E-state index contributed by atoms with van der Waals surface area (Å²) in [7, 11) is 0. The Kier molecular flexibility index (Phi) is 3.45. The zero-order valence-corrected chi connectivity index (χ0v) is 9.63. The molecule has 2 heteroatoms. The summed E-state index contributed by atoms with van der Waals surface area (Å²) in [6, 6.07) is 1.64. The van der Waals surface area contributed by atoms with Gasteiger partial charge in [0.25, 0.3) is 0 Å². The molecule has 0 aromatic carbocycles. The molecule has 2 rings (SSSR count). The lowest BCUT2D eigenvalue weighted by molar-refractivity contribution is 0.0871. The van der Waals surface area contributed by atoms with E-state index in [1.54, 1.807) is 0 Å². The van der Waals surface area contributed by atoms with Crippen LogP contribution in [0, 0.1) is 5.92 Å². The quantitative estimate of drug-likeness (QED) is 0.725. The van der Waals surface area contributed by atoms with Crippen molar-refractivity contribution in [3.63, 3.8) is 0 Å². The molecule has 0 saturated carbocycles. The molecule has 0 bridgehead atoms. The molecule has 2 aliphatic rings. The van der Waals surface area contributed by atoms with Crippen LogP contribution in [-0.2, 0) is 0 Å². The molecule has 2 heterocycles. The van der Waals surface area contributed by atoms with Crippen LogP contribution in [0.4, 0.5) is 0 Å². The average molecular weight is 196 g/mol. The molecule has 0 aromatic heterocycles. The first-order valence-corrected chi connectivity index (χ1v) is 6.24. The number of hydrogen-bond acceptors (Lipinski definition) is 2. The Morgan fingerprint density at radius 2 is 1.86 bits per heavy atom. The van der Waals surface area contributed by atoms with Gasteiger partial charge in [0, 0.05) is 18.6 Å². The van der Waals surface area contributed by atoms with E-state index in [2.05, 4.69) is 24.1 Å². The Morgan fingerprint density at radius 1 is 1.14 bits per heavy atom. The van der Waals surface area contributed by atoms with Crippen LogP contribution in [0.5, 0.6) is 0 Å². The fourth-order valence-electron chi connectivity index (χ4n) is 3.00. The third-order valence-corrected chi connectivity index (χ3v) is 4.01.